The van der Waals surface area contributed by atoms with Crippen LogP contribution in [0.2, 0.25) is 0 Å². The number of benzene rings is 1. The Morgan fingerprint density at radius 3 is 2.76 bits per heavy atom. The van der Waals surface area contributed by atoms with Crippen LogP contribution in [-0.4, -0.2) is 21.3 Å². The lowest BCUT2D eigenvalue weighted by Crippen LogP contribution is -2.21. The summed E-state index contributed by atoms with van der Waals surface area (Å²) in [4.78, 5) is 0.876. The Morgan fingerprint density at radius 2 is 2.14 bits per heavy atom. The second-order valence-electron chi connectivity index (χ2n) is 5.02. The molecule has 0 saturated carbocycles. The van der Waals surface area contributed by atoms with Crippen molar-refractivity contribution >= 4 is 11.8 Å². The first-order chi connectivity index (χ1) is 10.0. The second kappa shape index (κ2) is 7.04. The number of aromatic nitrogens is 3. The SMILES string of the molecule is CCCNC(C)c1c(F)cccc1Sc1nnc(C)n1C. The largest absolute Gasteiger partial charge is 0.310 e. The monoisotopic (exact) mass is 308 g/mol. The van der Waals surface area contributed by atoms with Crippen molar-refractivity contribution in [1.29, 1.82) is 0 Å². The topological polar surface area (TPSA) is 42.7 Å². The number of hydrogen-bond donors (Lipinski definition) is 1. The summed E-state index contributed by atoms with van der Waals surface area (Å²) < 4.78 is 16.1. The zero-order valence-corrected chi connectivity index (χ0v) is 13.7. The van der Waals surface area contributed by atoms with Gasteiger partial charge in [0.05, 0.1) is 0 Å². The lowest BCUT2D eigenvalue weighted by molar-refractivity contribution is 0.518. The summed E-state index contributed by atoms with van der Waals surface area (Å²) >= 11 is 1.45. The molecule has 2 rings (SSSR count). The van der Waals surface area contributed by atoms with Crippen molar-refractivity contribution in [3.05, 3.63) is 35.4 Å². The lowest BCUT2D eigenvalue weighted by Gasteiger charge is -2.18. The highest BCUT2D eigenvalue weighted by molar-refractivity contribution is 7.99. The van der Waals surface area contributed by atoms with E-state index in [2.05, 4.69) is 22.4 Å². The van der Waals surface area contributed by atoms with Gasteiger partial charge in [0.1, 0.15) is 11.6 Å². The molecule has 0 bridgehead atoms. The minimum atomic E-state index is -0.185. The van der Waals surface area contributed by atoms with Gasteiger partial charge in [0.25, 0.3) is 0 Å². The quantitative estimate of drug-likeness (QED) is 0.887. The van der Waals surface area contributed by atoms with Gasteiger partial charge in [-0.2, -0.15) is 0 Å². The standard InChI is InChI=1S/C15H21FN4S/c1-5-9-17-10(2)14-12(16)7-6-8-13(14)21-15-19-18-11(3)20(15)4/h6-8,10,17H,5,9H2,1-4H3. The van der Waals surface area contributed by atoms with Gasteiger partial charge >= 0.3 is 0 Å². The highest BCUT2D eigenvalue weighted by Gasteiger charge is 2.17. The molecule has 0 fully saturated rings. The molecule has 6 heteroatoms. The van der Waals surface area contributed by atoms with Crippen LogP contribution in [0.5, 0.6) is 0 Å². The summed E-state index contributed by atoms with van der Waals surface area (Å²) in [5, 5.41) is 12.3. The van der Waals surface area contributed by atoms with Gasteiger partial charge in [0.2, 0.25) is 0 Å². The summed E-state index contributed by atoms with van der Waals surface area (Å²) in [6.07, 6.45) is 1.02. The van der Waals surface area contributed by atoms with E-state index in [1.807, 2.05) is 31.5 Å². The Morgan fingerprint density at radius 1 is 1.38 bits per heavy atom. The predicted molar refractivity (Wildman–Crippen MR) is 83.0 cm³/mol. The fraction of sp³-hybridized carbons (Fsp3) is 0.467. The highest BCUT2D eigenvalue weighted by Crippen LogP contribution is 2.33. The maximum absolute atomic E-state index is 14.2. The zero-order chi connectivity index (χ0) is 15.4. The molecule has 0 radical (unpaired) electrons. The van der Waals surface area contributed by atoms with Crippen LogP contribution in [0.1, 0.15) is 37.7 Å². The van der Waals surface area contributed by atoms with E-state index in [1.54, 1.807) is 6.07 Å². The molecule has 1 N–H and O–H groups in total. The molecule has 1 unspecified atom stereocenters. The number of nitrogens with zero attached hydrogens (tertiary/aromatic N) is 3. The van der Waals surface area contributed by atoms with Gasteiger partial charge in [-0.25, -0.2) is 4.39 Å². The van der Waals surface area contributed by atoms with Crippen LogP contribution in [0.25, 0.3) is 0 Å². The molecule has 1 aromatic heterocycles. The Hall–Kier alpha value is -1.40. The number of hydrogen-bond acceptors (Lipinski definition) is 4. The second-order valence-corrected chi connectivity index (χ2v) is 6.03. The smallest absolute Gasteiger partial charge is 0.195 e. The third-order valence-electron chi connectivity index (χ3n) is 3.40. The Bertz CT molecular complexity index is 612. The molecule has 0 aliphatic carbocycles. The maximum atomic E-state index is 14.2. The van der Waals surface area contributed by atoms with Gasteiger partial charge in [-0.3, -0.25) is 0 Å². The first kappa shape index (κ1) is 16.0. The summed E-state index contributed by atoms with van der Waals surface area (Å²) in [5.74, 6) is 0.655. The lowest BCUT2D eigenvalue weighted by atomic mass is 10.1. The summed E-state index contributed by atoms with van der Waals surface area (Å²) in [6.45, 7) is 6.84. The van der Waals surface area contributed by atoms with Crippen LogP contribution < -0.4 is 5.32 Å². The first-order valence-corrected chi connectivity index (χ1v) is 7.91. The molecule has 1 atom stereocenters. The molecule has 0 spiro atoms. The van der Waals surface area contributed by atoms with Gasteiger partial charge in [0, 0.05) is 23.5 Å². The van der Waals surface area contributed by atoms with Gasteiger partial charge in [0.15, 0.2) is 5.16 Å². The van der Waals surface area contributed by atoms with Gasteiger partial charge < -0.3 is 9.88 Å². The van der Waals surface area contributed by atoms with E-state index < -0.39 is 0 Å². The minimum absolute atomic E-state index is 0.0389. The molecule has 1 aromatic carbocycles. The van der Waals surface area contributed by atoms with Gasteiger partial charge in [-0.05, 0) is 50.7 Å². The van der Waals surface area contributed by atoms with E-state index in [4.69, 9.17) is 0 Å². The molecule has 0 aliphatic heterocycles. The fourth-order valence-electron chi connectivity index (χ4n) is 2.06. The molecule has 114 valence electrons. The van der Waals surface area contributed by atoms with Crippen molar-refractivity contribution in [3.8, 4) is 0 Å². The molecular weight excluding hydrogens is 287 g/mol. The molecular formula is C15H21FN4S. The molecule has 0 saturated heterocycles. The maximum Gasteiger partial charge on any atom is 0.195 e. The Balaban J connectivity index is 2.31. The van der Waals surface area contributed by atoms with Gasteiger partial charge in [-0.15, -0.1) is 10.2 Å². The number of halogens is 1. The Labute approximate surface area is 129 Å². The Kier molecular flexibility index (Phi) is 5.36. The van der Waals surface area contributed by atoms with E-state index in [9.17, 15) is 4.39 Å². The van der Waals surface area contributed by atoms with Crippen LogP contribution in [0.4, 0.5) is 4.39 Å². The third-order valence-corrected chi connectivity index (χ3v) is 4.51. The molecule has 0 amide bonds. The third kappa shape index (κ3) is 3.63. The molecule has 4 nitrogen and oxygen atoms in total. The van der Waals surface area contributed by atoms with E-state index in [-0.39, 0.29) is 11.9 Å². The number of nitrogens with one attached hydrogen (secondary N) is 1. The van der Waals surface area contributed by atoms with Crippen molar-refractivity contribution in [3.63, 3.8) is 0 Å². The normalized spacial score (nSPS) is 12.6. The molecule has 21 heavy (non-hydrogen) atoms. The average Bonchev–Trinajstić information content (AvgIpc) is 2.77. The summed E-state index contributed by atoms with van der Waals surface area (Å²) in [7, 11) is 1.91. The predicted octanol–water partition coefficient (Wildman–Crippen LogP) is 3.47. The van der Waals surface area contributed by atoms with Crippen LogP contribution in [0, 0.1) is 12.7 Å². The van der Waals surface area contributed by atoms with Crippen molar-refractivity contribution in [2.45, 2.75) is 43.3 Å². The van der Waals surface area contributed by atoms with Gasteiger partial charge in [-0.1, -0.05) is 13.0 Å². The summed E-state index contributed by atoms with van der Waals surface area (Å²) in [6, 6.07) is 5.13. The summed E-state index contributed by atoms with van der Waals surface area (Å²) in [5.41, 5.74) is 0.691. The van der Waals surface area contributed by atoms with Crippen molar-refractivity contribution < 1.29 is 4.39 Å². The van der Waals surface area contributed by atoms with E-state index in [1.165, 1.54) is 17.8 Å². The minimum Gasteiger partial charge on any atom is -0.310 e. The van der Waals surface area contributed by atoms with Crippen LogP contribution in [0.15, 0.2) is 28.3 Å². The fourth-order valence-corrected chi connectivity index (χ4v) is 3.14. The highest BCUT2D eigenvalue weighted by atomic mass is 32.2. The van der Waals surface area contributed by atoms with Crippen molar-refractivity contribution in [2.24, 2.45) is 7.05 Å². The van der Waals surface area contributed by atoms with Crippen molar-refractivity contribution in [2.75, 3.05) is 6.54 Å². The molecule has 1 heterocycles. The van der Waals surface area contributed by atoms with E-state index in [0.29, 0.717) is 5.56 Å². The number of aryl methyl sites for hydroxylation is 1. The first-order valence-electron chi connectivity index (χ1n) is 7.10. The number of rotatable bonds is 6. The average molecular weight is 308 g/mol. The van der Waals surface area contributed by atoms with Crippen LogP contribution >= 0.6 is 11.8 Å². The molecule has 2 aromatic rings. The van der Waals surface area contributed by atoms with E-state index in [0.717, 1.165) is 28.8 Å². The van der Waals surface area contributed by atoms with Crippen molar-refractivity contribution in [1.82, 2.24) is 20.1 Å². The van der Waals surface area contributed by atoms with Crippen LogP contribution in [0.3, 0.4) is 0 Å². The zero-order valence-electron chi connectivity index (χ0n) is 12.9. The van der Waals surface area contributed by atoms with E-state index >= 15 is 0 Å². The molecule has 0 aliphatic rings. The van der Waals surface area contributed by atoms with Crippen LogP contribution in [-0.2, 0) is 7.05 Å².